The van der Waals surface area contributed by atoms with Crippen LogP contribution in [0.2, 0.25) is 0 Å². The topological polar surface area (TPSA) is 9.23 Å². The molecular weight excluding hydrogens is 373 g/mol. The Morgan fingerprint density at radius 3 is 2.03 bits per heavy atom. The zero-order valence-corrected chi connectivity index (χ0v) is 17.6. The lowest BCUT2D eigenvalue weighted by Crippen LogP contribution is -2.25. The summed E-state index contributed by atoms with van der Waals surface area (Å²) in [6.07, 6.45) is 12.9. The van der Waals surface area contributed by atoms with E-state index >= 15 is 0 Å². The highest BCUT2D eigenvalue weighted by Gasteiger charge is 2.31. The molecule has 0 spiro atoms. The van der Waals surface area contributed by atoms with Gasteiger partial charge in [0.05, 0.1) is 12.2 Å². The lowest BCUT2D eigenvalue weighted by molar-refractivity contribution is -0.137. The SMILES string of the molecule is COCC=C[C@H]1CC[C@H]([C@H]2CC[C@H](CCc3ccc(C(F)(F)F)cc3)CC2)CC1. The average Bonchev–Trinajstić information content (AvgIpc) is 2.73. The standard InChI is InChI=1S/C25H35F3O/c1-29-18-2-3-19-6-12-22(13-7-19)23-14-8-20(9-15-23)4-5-21-10-16-24(17-11-21)25(26,27)28/h2-3,10-11,16-17,19-20,22-23H,4-9,12-15,18H2,1H3/t19-,20-,22-,23-. The van der Waals surface area contributed by atoms with Gasteiger partial charge in [0.25, 0.3) is 0 Å². The van der Waals surface area contributed by atoms with E-state index in [1.165, 1.54) is 63.5 Å². The van der Waals surface area contributed by atoms with E-state index in [-0.39, 0.29) is 0 Å². The van der Waals surface area contributed by atoms with E-state index in [4.69, 9.17) is 4.74 Å². The lowest BCUT2D eigenvalue weighted by Gasteiger charge is -2.37. The van der Waals surface area contributed by atoms with E-state index in [1.54, 1.807) is 19.2 Å². The van der Waals surface area contributed by atoms with E-state index < -0.39 is 11.7 Å². The van der Waals surface area contributed by atoms with Crippen LogP contribution in [0.3, 0.4) is 0 Å². The molecule has 29 heavy (non-hydrogen) atoms. The number of methoxy groups -OCH3 is 1. The van der Waals surface area contributed by atoms with Crippen LogP contribution in [0.15, 0.2) is 36.4 Å². The molecule has 1 nitrogen and oxygen atoms in total. The van der Waals surface area contributed by atoms with E-state index in [1.807, 2.05) is 0 Å². The first-order valence-electron chi connectivity index (χ1n) is 11.3. The average molecular weight is 409 g/mol. The quantitative estimate of drug-likeness (QED) is 0.426. The number of ether oxygens (including phenoxy) is 1. The fourth-order valence-corrected chi connectivity index (χ4v) is 5.33. The van der Waals surface area contributed by atoms with Crippen LogP contribution in [0, 0.1) is 23.7 Å². The highest BCUT2D eigenvalue weighted by atomic mass is 19.4. The molecule has 2 aliphatic rings. The van der Waals surface area contributed by atoms with Gasteiger partial charge >= 0.3 is 6.18 Å². The van der Waals surface area contributed by atoms with Crippen molar-refractivity contribution in [3.63, 3.8) is 0 Å². The van der Waals surface area contributed by atoms with Crippen LogP contribution in [-0.2, 0) is 17.3 Å². The van der Waals surface area contributed by atoms with Gasteiger partial charge in [-0.3, -0.25) is 0 Å². The number of hydrogen-bond acceptors (Lipinski definition) is 1. The molecule has 1 aromatic rings. The molecule has 0 aromatic heterocycles. The monoisotopic (exact) mass is 408 g/mol. The van der Waals surface area contributed by atoms with Crippen LogP contribution in [-0.4, -0.2) is 13.7 Å². The Labute approximate surface area is 173 Å². The molecule has 1 aromatic carbocycles. The minimum atomic E-state index is -4.24. The van der Waals surface area contributed by atoms with Crippen LogP contribution in [0.25, 0.3) is 0 Å². The highest BCUT2D eigenvalue weighted by Crippen LogP contribution is 2.42. The molecule has 0 radical (unpaired) electrons. The van der Waals surface area contributed by atoms with Gasteiger partial charge in [0.15, 0.2) is 0 Å². The maximum absolute atomic E-state index is 12.7. The van der Waals surface area contributed by atoms with Gasteiger partial charge in [-0.1, -0.05) is 37.1 Å². The summed E-state index contributed by atoms with van der Waals surface area (Å²) in [6, 6.07) is 5.72. The minimum absolute atomic E-state index is 0.550. The zero-order valence-electron chi connectivity index (χ0n) is 17.6. The van der Waals surface area contributed by atoms with Crippen molar-refractivity contribution in [1.82, 2.24) is 0 Å². The predicted octanol–water partition coefficient (Wildman–Crippen LogP) is 7.45. The molecule has 3 rings (SSSR count). The Kier molecular flexibility index (Phi) is 8.23. The van der Waals surface area contributed by atoms with E-state index in [9.17, 15) is 13.2 Å². The highest BCUT2D eigenvalue weighted by molar-refractivity contribution is 5.24. The Bertz CT molecular complexity index is 618. The first-order valence-corrected chi connectivity index (χ1v) is 11.3. The number of rotatable bonds is 7. The maximum Gasteiger partial charge on any atom is 0.416 e. The van der Waals surface area contributed by atoms with Crippen molar-refractivity contribution in [2.75, 3.05) is 13.7 Å². The fourth-order valence-electron chi connectivity index (χ4n) is 5.33. The largest absolute Gasteiger partial charge is 0.416 e. The Balaban J connectivity index is 1.36. The summed E-state index contributed by atoms with van der Waals surface area (Å²) in [5, 5.41) is 0. The van der Waals surface area contributed by atoms with Gasteiger partial charge in [0.2, 0.25) is 0 Å². The first kappa shape index (κ1) is 22.4. The number of benzene rings is 1. The second-order valence-corrected chi connectivity index (χ2v) is 9.07. The third-order valence-corrected chi connectivity index (χ3v) is 7.17. The smallest absolute Gasteiger partial charge is 0.381 e. The number of halogens is 3. The van der Waals surface area contributed by atoms with E-state index in [0.29, 0.717) is 0 Å². The Morgan fingerprint density at radius 2 is 1.48 bits per heavy atom. The lowest BCUT2D eigenvalue weighted by atomic mass is 9.68. The normalized spacial score (nSPS) is 28.7. The molecule has 0 unspecified atom stereocenters. The molecular formula is C25H35F3O. The Morgan fingerprint density at radius 1 is 0.897 bits per heavy atom. The van der Waals surface area contributed by atoms with Gasteiger partial charge in [-0.15, -0.1) is 0 Å². The minimum Gasteiger partial charge on any atom is -0.381 e. The van der Waals surface area contributed by atoms with Crippen molar-refractivity contribution in [3.8, 4) is 0 Å². The second-order valence-electron chi connectivity index (χ2n) is 9.07. The molecule has 0 bridgehead atoms. The molecule has 0 N–H and O–H groups in total. The van der Waals surface area contributed by atoms with Crippen molar-refractivity contribution >= 4 is 0 Å². The summed E-state index contributed by atoms with van der Waals surface area (Å²) in [5.74, 6) is 3.27. The Hall–Kier alpha value is -1.29. The molecule has 0 amide bonds. The molecule has 4 heteroatoms. The van der Waals surface area contributed by atoms with Crippen molar-refractivity contribution in [2.45, 2.75) is 70.4 Å². The number of allylic oxidation sites excluding steroid dienone is 1. The van der Waals surface area contributed by atoms with Gasteiger partial charge in [-0.25, -0.2) is 0 Å². The number of alkyl halides is 3. The van der Waals surface area contributed by atoms with Crippen LogP contribution in [0.5, 0.6) is 0 Å². The summed E-state index contributed by atoms with van der Waals surface area (Å²) in [4.78, 5) is 0. The summed E-state index contributed by atoms with van der Waals surface area (Å²) in [6.45, 7) is 0.719. The second kappa shape index (κ2) is 10.7. The summed E-state index contributed by atoms with van der Waals surface area (Å²) in [5.41, 5.74) is 0.477. The van der Waals surface area contributed by atoms with Crippen molar-refractivity contribution < 1.29 is 17.9 Å². The molecule has 0 heterocycles. The van der Waals surface area contributed by atoms with Crippen LogP contribution >= 0.6 is 0 Å². The van der Waals surface area contributed by atoms with Crippen molar-refractivity contribution in [2.24, 2.45) is 23.7 Å². The van der Waals surface area contributed by atoms with Gasteiger partial charge in [-0.05, 0) is 92.7 Å². The first-order chi connectivity index (χ1) is 14.0. The maximum atomic E-state index is 12.7. The fraction of sp³-hybridized carbons (Fsp3) is 0.680. The van der Waals surface area contributed by atoms with Gasteiger partial charge in [0.1, 0.15) is 0 Å². The van der Waals surface area contributed by atoms with Crippen LogP contribution < -0.4 is 0 Å². The molecule has 2 fully saturated rings. The molecule has 2 aliphatic carbocycles. The molecule has 0 aliphatic heterocycles. The van der Waals surface area contributed by atoms with Crippen molar-refractivity contribution in [1.29, 1.82) is 0 Å². The molecule has 2 saturated carbocycles. The zero-order chi connectivity index (χ0) is 20.7. The van der Waals surface area contributed by atoms with E-state index in [0.717, 1.165) is 48.7 Å². The van der Waals surface area contributed by atoms with E-state index in [2.05, 4.69) is 12.2 Å². The van der Waals surface area contributed by atoms with Crippen molar-refractivity contribution in [3.05, 3.63) is 47.5 Å². The van der Waals surface area contributed by atoms with Crippen LogP contribution in [0.1, 0.15) is 68.9 Å². The summed E-state index contributed by atoms with van der Waals surface area (Å²) < 4.78 is 43.1. The summed E-state index contributed by atoms with van der Waals surface area (Å²) in [7, 11) is 1.74. The van der Waals surface area contributed by atoms with Gasteiger partial charge in [-0.2, -0.15) is 13.2 Å². The number of hydrogen-bond donors (Lipinski definition) is 0. The number of aryl methyl sites for hydroxylation is 1. The third kappa shape index (κ3) is 6.87. The third-order valence-electron chi connectivity index (χ3n) is 7.17. The molecule has 162 valence electrons. The predicted molar refractivity (Wildman–Crippen MR) is 112 cm³/mol. The van der Waals surface area contributed by atoms with Gasteiger partial charge < -0.3 is 4.74 Å². The molecule has 0 saturated heterocycles. The molecule has 0 atom stereocenters. The van der Waals surface area contributed by atoms with Gasteiger partial charge in [0, 0.05) is 7.11 Å². The summed E-state index contributed by atoms with van der Waals surface area (Å²) >= 11 is 0. The van der Waals surface area contributed by atoms with Crippen LogP contribution in [0.4, 0.5) is 13.2 Å².